The Morgan fingerprint density at radius 2 is 1.56 bits per heavy atom. The van der Waals surface area contributed by atoms with Crippen LogP contribution in [0.1, 0.15) is 11.1 Å². The molecule has 1 atom stereocenters. The molecule has 0 aliphatic carbocycles. The summed E-state index contributed by atoms with van der Waals surface area (Å²) in [6.07, 6.45) is 11.9. The van der Waals surface area contributed by atoms with Crippen LogP contribution in [0, 0.1) is 0 Å². The Morgan fingerprint density at radius 3 is 2.22 bits per heavy atom. The van der Waals surface area contributed by atoms with Gasteiger partial charge in [-0.2, -0.15) is 0 Å². The van der Waals surface area contributed by atoms with Gasteiger partial charge in [0.2, 0.25) is 0 Å². The average molecular weight is 234 g/mol. The molecule has 3 rings (SSSR count). The lowest BCUT2D eigenvalue weighted by Gasteiger charge is -2.34. The molecule has 2 nitrogen and oxygen atoms in total. The van der Waals surface area contributed by atoms with Crippen molar-refractivity contribution < 1.29 is 0 Å². The lowest BCUT2D eigenvalue weighted by Crippen LogP contribution is -2.39. The highest BCUT2D eigenvalue weighted by Gasteiger charge is 2.30. The highest BCUT2D eigenvalue weighted by Crippen LogP contribution is 2.32. The summed E-state index contributed by atoms with van der Waals surface area (Å²) in [6, 6.07) is 14.5. The van der Waals surface area contributed by atoms with Crippen LogP contribution in [-0.2, 0) is 5.54 Å². The monoisotopic (exact) mass is 234 g/mol. The Hall–Kier alpha value is -2.35. The zero-order valence-electron chi connectivity index (χ0n) is 9.95. The fraction of sp³-hybridized carbons (Fsp3) is 0.0625. The van der Waals surface area contributed by atoms with Gasteiger partial charge in [0.1, 0.15) is 5.54 Å². The Bertz CT molecular complexity index is 531. The van der Waals surface area contributed by atoms with Crippen molar-refractivity contribution in [1.29, 1.82) is 0 Å². The molecule has 0 fully saturated rings. The predicted octanol–water partition coefficient (Wildman–Crippen LogP) is 3.00. The van der Waals surface area contributed by atoms with Gasteiger partial charge in [-0.3, -0.25) is 4.98 Å². The van der Waals surface area contributed by atoms with E-state index in [1.165, 1.54) is 11.1 Å². The molecule has 0 radical (unpaired) electrons. The van der Waals surface area contributed by atoms with Gasteiger partial charge in [0.15, 0.2) is 0 Å². The van der Waals surface area contributed by atoms with E-state index in [0.29, 0.717) is 0 Å². The topological polar surface area (TPSA) is 24.9 Å². The van der Waals surface area contributed by atoms with Crippen LogP contribution in [0.5, 0.6) is 0 Å². The number of allylic oxidation sites excluding steroid dienone is 2. The molecule has 1 aromatic heterocycles. The van der Waals surface area contributed by atoms with Crippen molar-refractivity contribution >= 4 is 0 Å². The molecule has 1 aliphatic heterocycles. The first-order valence-electron chi connectivity index (χ1n) is 6.00. The SMILES string of the molecule is C1=CNC(c2ccccc2)(c2ccncc2)C=C1. The molecule has 2 aromatic rings. The summed E-state index contributed by atoms with van der Waals surface area (Å²) in [5, 5.41) is 3.47. The molecule has 2 heterocycles. The molecule has 0 saturated heterocycles. The summed E-state index contributed by atoms with van der Waals surface area (Å²) in [5.41, 5.74) is 2.11. The molecule has 88 valence electrons. The minimum absolute atomic E-state index is 0.293. The smallest absolute Gasteiger partial charge is 0.107 e. The molecule has 0 amide bonds. The molecule has 2 heteroatoms. The first-order chi connectivity index (χ1) is 8.92. The van der Waals surface area contributed by atoms with Crippen LogP contribution in [0.15, 0.2) is 79.3 Å². The molecule has 0 spiro atoms. The van der Waals surface area contributed by atoms with E-state index < -0.39 is 0 Å². The molecular weight excluding hydrogens is 220 g/mol. The quantitative estimate of drug-likeness (QED) is 0.864. The Balaban J connectivity index is 2.17. The van der Waals surface area contributed by atoms with Crippen molar-refractivity contribution in [1.82, 2.24) is 10.3 Å². The molecule has 18 heavy (non-hydrogen) atoms. The van der Waals surface area contributed by atoms with Crippen LogP contribution >= 0.6 is 0 Å². The summed E-state index contributed by atoms with van der Waals surface area (Å²) in [5.74, 6) is 0. The van der Waals surface area contributed by atoms with Crippen molar-refractivity contribution in [2.45, 2.75) is 5.54 Å². The number of nitrogens with one attached hydrogen (secondary N) is 1. The van der Waals surface area contributed by atoms with Gasteiger partial charge in [0.05, 0.1) is 0 Å². The summed E-state index contributed by atoms with van der Waals surface area (Å²) < 4.78 is 0. The summed E-state index contributed by atoms with van der Waals surface area (Å²) in [4.78, 5) is 4.10. The first kappa shape index (κ1) is 10.8. The molecule has 1 unspecified atom stereocenters. The van der Waals surface area contributed by atoms with E-state index in [9.17, 15) is 0 Å². The van der Waals surface area contributed by atoms with Crippen LogP contribution in [-0.4, -0.2) is 4.98 Å². The van der Waals surface area contributed by atoms with Crippen LogP contribution in [0.3, 0.4) is 0 Å². The maximum atomic E-state index is 4.10. The largest absolute Gasteiger partial charge is 0.374 e. The maximum absolute atomic E-state index is 4.10. The third-order valence-corrected chi connectivity index (χ3v) is 3.23. The molecule has 1 aromatic carbocycles. The lowest BCUT2D eigenvalue weighted by atomic mass is 9.82. The van der Waals surface area contributed by atoms with Gasteiger partial charge >= 0.3 is 0 Å². The van der Waals surface area contributed by atoms with E-state index in [4.69, 9.17) is 0 Å². The first-order valence-corrected chi connectivity index (χ1v) is 6.00. The number of dihydropyridines is 1. The number of pyridine rings is 1. The number of hydrogen-bond acceptors (Lipinski definition) is 2. The molecular formula is C16H14N2. The maximum Gasteiger partial charge on any atom is 0.107 e. The van der Waals surface area contributed by atoms with E-state index in [0.717, 1.165) is 0 Å². The summed E-state index contributed by atoms with van der Waals surface area (Å²) in [7, 11) is 0. The van der Waals surface area contributed by atoms with Crippen LogP contribution in [0.2, 0.25) is 0 Å². The normalized spacial score (nSPS) is 21.6. The molecule has 1 N–H and O–H groups in total. The summed E-state index contributed by atoms with van der Waals surface area (Å²) in [6.45, 7) is 0. The van der Waals surface area contributed by atoms with Gasteiger partial charge < -0.3 is 5.32 Å². The van der Waals surface area contributed by atoms with E-state index in [-0.39, 0.29) is 5.54 Å². The number of benzene rings is 1. The highest BCUT2D eigenvalue weighted by atomic mass is 15.0. The zero-order chi connectivity index (χ0) is 12.3. The van der Waals surface area contributed by atoms with E-state index in [1.54, 1.807) is 0 Å². The summed E-state index contributed by atoms with van der Waals surface area (Å²) >= 11 is 0. The Labute approximate surface area is 107 Å². The minimum atomic E-state index is -0.293. The standard InChI is InChI=1S/C16H14N2/c1-2-6-14(7-3-1)16(10-4-5-11-18-16)15-8-12-17-13-9-15/h1-13,18H. The Morgan fingerprint density at radius 1 is 0.833 bits per heavy atom. The number of hydrogen-bond donors (Lipinski definition) is 1. The molecule has 0 bridgehead atoms. The second-order valence-electron chi connectivity index (χ2n) is 4.27. The number of nitrogens with zero attached hydrogens (tertiary/aromatic N) is 1. The third-order valence-electron chi connectivity index (χ3n) is 3.23. The second kappa shape index (κ2) is 4.49. The number of aromatic nitrogens is 1. The van der Waals surface area contributed by atoms with Crippen molar-refractivity contribution in [3.8, 4) is 0 Å². The van der Waals surface area contributed by atoms with E-state index in [1.807, 2.05) is 42.9 Å². The van der Waals surface area contributed by atoms with Crippen molar-refractivity contribution in [2.75, 3.05) is 0 Å². The second-order valence-corrected chi connectivity index (χ2v) is 4.27. The molecule has 1 aliphatic rings. The van der Waals surface area contributed by atoms with Crippen LogP contribution < -0.4 is 5.32 Å². The fourth-order valence-electron chi connectivity index (χ4n) is 2.32. The lowest BCUT2D eigenvalue weighted by molar-refractivity contribution is 0.566. The van der Waals surface area contributed by atoms with Gasteiger partial charge in [-0.25, -0.2) is 0 Å². The van der Waals surface area contributed by atoms with Crippen molar-refractivity contribution in [2.24, 2.45) is 0 Å². The minimum Gasteiger partial charge on any atom is -0.374 e. The van der Waals surface area contributed by atoms with Crippen molar-refractivity contribution in [3.05, 3.63) is 90.4 Å². The third kappa shape index (κ3) is 1.72. The van der Waals surface area contributed by atoms with Gasteiger partial charge in [0.25, 0.3) is 0 Å². The van der Waals surface area contributed by atoms with Gasteiger partial charge in [-0.05, 0) is 35.5 Å². The van der Waals surface area contributed by atoms with Crippen LogP contribution in [0.4, 0.5) is 0 Å². The van der Waals surface area contributed by atoms with Gasteiger partial charge in [-0.15, -0.1) is 0 Å². The fourth-order valence-corrected chi connectivity index (χ4v) is 2.32. The van der Waals surface area contributed by atoms with Crippen molar-refractivity contribution in [3.63, 3.8) is 0 Å². The Kier molecular flexibility index (Phi) is 2.69. The zero-order valence-corrected chi connectivity index (χ0v) is 9.95. The predicted molar refractivity (Wildman–Crippen MR) is 72.9 cm³/mol. The van der Waals surface area contributed by atoms with E-state index >= 15 is 0 Å². The number of rotatable bonds is 2. The van der Waals surface area contributed by atoms with Gasteiger partial charge in [-0.1, -0.05) is 42.5 Å². The highest BCUT2D eigenvalue weighted by molar-refractivity contribution is 5.45. The van der Waals surface area contributed by atoms with Gasteiger partial charge in [0, 0.05) is 12.4 Å². The van der Waals surface area contributed by atoms with Crippen LogP contribution in [0.25, 0.3) is 0 Å². The molecule has 0 saturated carbocycles. The average Bonchev–Trinajstić information content (AvgIpc) is 2.50. The van der Waals surface area contributed by atoms with E-state index in [2.05, 4.69) is 46.7 Å².